The van der Waals surface area contributed by atoms with Crippen LogP contribution in [0.25, 0.3) is 0 Å². The summed E-state index contributed by atoms with van der Waals surface area (Å²) in [6, 6.07) is 4.70. The van der Waals surface area contributed by atoms with Crippen LogP contribution in [0.2, 0.25) is 0 Å². The molecule has 8 heteroatoms. The number of rotatable bonds is 7. The molecule has 0 spiro atoms. The topological polar surface area (TPSA) is 93.2 Å². The third-order valence-electron chi connectivity index (χ3n) is 3.87. The number of amides is 2. The molecule has 2 atom stereocenters. The van der Waals surface area contributed by atoms with Crippen molar-refractivity contribution in [1.82, 2.24) is 15.3 Å². The van der Waals surface area contributed by atoms with Gasteiger partial charge in [-0.15, -0.1) is 0 Å². The van der Waals surface area contributed by atoms with E-state index in [1.807, 2.05) is 19.9 Å². The standard InChI is InChI=1S/C20H25FN4O3/c1-11-6-17(9-22-20(11)28-10-12(2)21)14(4)24-19(27)16-7-13(3)23-18(8-16)25-15(5)26/h6-9,12,14H,10H2,1-5H3,(H,24,27)(H,23,25,26). The molecule has 2 aromatic rings. The van der Waals surface area contributed by atoms with E-state index in [0.29, 0.717) is 23.0 Å². The van der Waals surface area contributed by atoms with Crippen LogP contribution >= 0.6 is 0 Å². The van der Waals surface area contributed by atoms with Gasteiger partial charge in [-0.3, -0.25) is 9.59 Å². The number of aryl methyl sites for hydroxylation is 2. The molecule has 7 nitrogen and oxygen atoms in total. The van der Waals surface area contributed by atoms with E-state index in [0.717, 1.165) is 11.1 Å². The Morgan fingerprint density at radius 2 is 1.93 bits per heavy atom. The first-order chi connectivity index (χ1) is 13.2. The summed E-state index contributed by atoms with van der Waals surface area (Å²) in [5.41, 5.74) is 2.56. The Morgan fingerprint density at radius 3 is 2.54 bits per heavy atom. The number of pyridine rings is 2. The molecule has 2 heterocycles. The average molecular weight is 388 g/mol. The van der Waals surface area contributed by atoms with Crippen molar-refractivity contribution in [2.75, 3.05) is 11.9 Å². The lowest BCUT2D eigenvalue weighted by Crippen LogP contribution is -2.27. The Balaban J connectivity index is 2.11. The number of carbonyl (C=O) groups is 2. The van der Waals surface area contributed by atoms with Crippen molar-refractivity contribution < 1.29 is 18.7 Å². The number of nitrogens with zero attached hydrogens (tertiary/aromatic N) is 2. The van der Waals surface area contributed by atoms with Gasteiger partial charge in [0.25, 0.3) is 5.91 Å². The second-order valence-corrected chi connectivity index (χ2v) is 6.74. The van der Waals surface area contributed by atoms with Crippen LogP contribution in [0, 0.1) is 13.8 Å². The molecule has 0 bridgehead atoms. The summed E-state index contributed by atoms with van der Waals surface area (Å²) in [6.45, 7) is 8.13. The average Bonchev–Trinajstić information content (AvgIpc) is 2.59. The van der Waals surface area contributed by atoms with Crippen molar-refractivity contribution in [2.24, 2.45) is 0 Å². The van der Waals surface area contributed by atoms with Crippen molar-refractivity contribution in [2.45, 2.75) is 46.8 Å². The van der Waals surface area contributed by atoms with E-state index in [1.165, 1.54) is 19.9 Å². The molecule has 2 rings (SSSR count). The van der Waals surface area contributed by atoms with E-state index >= 15 is 0 Å². The van der Waals surface area contributed by atoms with Crippen LogP contribution in [0.4, 0.5) is 10.2 Å². The lowest BCUT2D eigenvalue weighted by molar-refractivity contribution is -0.114. The summed E-state index contributed by atoms with van der Waals surface area (Å²) in [4.78, 5) is 32.2. The number of aromatic nitrogens is 2. The molecule has 0 aliphatic rings. The molecule has 0 aromatic carbocycles. The van der Waals surface area contributed by atoms with Crippen LogP contribution in [0.3, 0.4) is 0 Å². The molecule has 0 aliphatic heterocycles. The fourth-order valence-electron chi connectivity index (χ4n) is 2.57. The SMILES string of the molecule is CC(=O)Nc1cc(C(=O)NC(C)c2cnc(OCC(C)F)c(C)c2)cc(C)n1. The summed E-state index contributed by atoms with van der Waals surface area (Å²) >= 11 is 0. The Labute approximate surface area is 163 Å². The first kappa shape index (κ1) is 21.3. The Bertz CT molecular complexity index is 871. The van der Waals surface area contributed by atoms with Gasteiger partial charge in [-0.05, 0) is 51.5 Å². The molecular weight excluding hydrogens is 363 g/mol. The van der Waals surface area contributed by atoms with Crippen LogP contribution in [0.1, 0.15) is 54.0 Å². The van der Waals surface area contributed by atoms with E-state index in [2.05, 4.69) is 20.6 Å². The molecule has 2 amide bonds. The van der Waals surface area contributed by atoms with E-state index in [1.54, 1.807) is 19.2 Å². The number of nitrogens with one attached hydrogen (secondary N) is 2. The zero-order valence-corrected chi connectivity index (χ0v) is 16.7. The number of ether oxygens (including phenoxy) is 1. The minimum absolute atomic E-state index is 0.0580. The van der Waals surface area contributed by atoms with Crippen LogP contribution in [-0.4, -0.2) is 34.6 Å². The predicted molar refractivity (Wildman–Crippen MR) is 104 cm³/mol. The molecule has 150 valence electrons. The maximum Gasteiger partial charge on any atom is 0.251 e. The summed E-state index contributed by atoms with van der Waals surface area (Å²) in [5, 5.41) is 5.48. The Morgan fingerprint density at radius 1 is 1.21 bits per heavy atom. The summed E-state index contributed by atoms with van der Waals surface area (Å²) in [5.74, 6) is 0.139. The second kappa shape index (κ2) is 9.25. The molecule has 0 radical (unpaired) electrons. The molecule has 0 saturated heterocycles. The van der Waals surface area contributed by atoms with E-state index in [9.17, 15) is 14.0 Å². The Kier molecular flexibility index (Phi) is 7.03. The number of hydrogen-bond donors (Lipinski definition) is 2. The lowest BCUT2D eigenvalue weighted by Gasteiger charge is -2.16. The molecule has 0 aliphatic carbocycles. The molecule has 28 heavy (non-hydrogen) atoms. The second-order valence-electron chi connectivity index (χ2n) is 6.74. The number of hydrogen-bond acceptors (Lipinski definition) is 5. The third-order valence-corrected chi connectivity index (χ3v) is 3.87. The third kappa shape index (κ3) is 6.00. The minimum Gasteiger partial charge on any atom is -0.474 e. The maximum absolute atomic E-state index is 12.9. The van der Waals surface area contributed by atoms with Gasteiger partial charge in [0.15, 0.2) is 0 Å². The monoisotopic (exact) mass is 388 g/mol. The fraction of sp³-hybridized carbons (Fsp3) is 0.400. The highest BCUT2D eigenvalue weighted by Crippen LogP contribution is 2.21. The molecular formula is C20H25FN4O3. The number of halogens is 1. The first-order valence-corrected chi connectivity index (χ1v) is 8.96. The first-order valence-electron chi connectivity index (χ1n) is 8.96. The van der Waals surface area contributed by atoms with Gasteiger partial charge < -0.3 is 15.4 Å². The fourth-order valence-corrected chi connectivity index (χ4v) is 2.57. The molecule has 0 saturated carbocycles. The van der Waals surface area contributed by atoms with Gasteiger partial charge in [-0.25, -0.2) is 14.4 Å². The van der Waals surface area contributed by atoms with Gasteiger partial charge in [0, 0.05) is 29.9 Å². The largest absolute Gasteiger partial charge is 0.474 e. The summed E-state index contributed by atoms with van der Waals surface area (Å²) in [7, 11) is 0. The molecule has 2 N–H and O–H groups in total. The zero-order chi connectivity index (χ0) is 20.8. The van der Waals surface area contributed by atoms with Gasteiger partial charge in [0.2, 0.25) is 11.8 Å². The van der Waals surface area contributed by atoms with Gasteiger partial charge in [0.05, 0.1) is 6.04 Å². The molecule has 2 aromatic heterocycles. The minimum atomic E-state index is -1.08. The van der Waals surface area contributed by atoms with Crippen molar-refractivity contribution in [1.29, 1.82) is 0 Å². The highest BCUT2D eigenvalue weighted by Gasteiger charge is 2.15. The quantitative estimate of drug-likeness (QED) is 0.759. The van der Waals surface area contributed by atoms with Crippen LogP contribution in [-0.2, 0) is 4.79 Å². The van der Waals surface area contributed by atoms with Gasteiger partial charge in [0.1, 0.15) is 18.6 Å². The van der Waals surface area contributed by atoms with Crippen LogP contribution in [0.5, 0.6) is 5.88 Å². The van der Waals surface area contributed by atoms with E-state index < -0.39 is 6.17 Å². The molecule has 2 unspecified atom stereocenters. The van der Waals surface area contributed by atoms with E-state index in [4.69, 9.17) is 4.74 Å². The predicted octanol–water partition coefficient (Wildman–Crippen LogP) is 3.28. The smallest absolute Gasteiger partial charge is 0.251 e. The van der Waals surface area contributed by atoms with Crippen molar-refractivity contribution in [3.05, 3.63) is 46.8 Å². The Hall–Kier alpha value is -3.03. The maximum atomic E-state index is 12.9. The highest BCUT2D eigenvalue weighted by atomic mass is 19.1. The number of alkyl halides is 1. The van der Waals surface area contributed by atoms with Gasteiger partial charge in [-0.1, -0.05) is 0 Å². The van der Waals surface area contributed by atoms with Gasteiger partial charge >= 0.3 is 0 Å². The normalized spacial score (nSPS) is 12.8. The van der Waals surface area contributed by atoms with Crippen molar-refractivity contribution in [3.8, 4) is 5.88 Å². The van der Waals surface area contributed by atoms with E-state index in [-0.39, 0.29) is 24.5 Å². The summed E-state index contributed by atoms with van der Waals surface area (Å²) in [6.07, 6.45) is 0.516. The van der Waals surface area contributed by atoms with Crippen molar-refractivity contribution >= 4 is 17.6 Å². The van der Waals surface area contributed by atoms with Crippen molar-refractivity contribution in [3.63, 3.8) is 0 Å². The number of anilines is 1. The lowest BCUT2D eigenvalue weighted by atomic mass is 10.1. The highest BCUT2D eigenvalue weighted by molar-refractivity contribution is 5.96. The van der Waals surface area contributed by atoms with Crippen LogP contribution < -0.4 is 15.4 Å². The van der Waals surface area contributed by atoms with Gasteiger partial charge in [-0.2, -0.15) is 0 Å². The van der Waals surface area contributed by atoms with Crippen LogP contribution in [0.15, 0.2) is 24.4 Å². The number of carbonyl (C=O) groups excluding carboxylic acids is 2. The summed E-state index contributed by atoms with van der Waals surface area (Å²) < 4.78 is 18.3. The molecule has 0 fully saturated rings. The zero-order valence-electron chi connectivity index (χ0n) is 16.7.